The molecule has 1 aliphatic heterocycles. The Balaban J connectivity index is 1.58. The molecule has 1 saturated heterocycles. The third-order valence-electron chi connectivity index (χ3n) is 5.11. The van der Waals surface area contributed by atoms with Gasteiger partial charge >= 0.3 is 0 Å². The molecule has 2 amide bonds. The van der Waals surface area contributed by atoms with Crippen molar-refractivity contribution in [2.75, 3.05) is 5.32 Å². The third kappa shape index (κ3) is 5.80. The molecule has 0 bridgehead atoms. The number of benzene rings is 3. The van der Waals surface area contributed by atoms with E-state index in [0.717, 1.165) is 11.1 Å². The fraction of sp³-hybridized carbons (Fsp3) is 0.160. The van der Waals surface area contributed by atoms with Crippen LogP contribution in [-0.4, -0.2) is 27.1 Å². The molecule has 1 N–H and O–H groups in total. The van der Waals surface area contributed by atoms with E-state index in [-0.39, 0.29) is 30.6 Å². The fourth-order valence-electron chi connectivity index (χ4n) is 3.28. The first-order valence-electron chi connectivity index (χ1n) is 10.3. The van der Waals surface area contributed by atoms with Crippen molar-refractivity contribution in [1.29, 1.82) is 0 Å². The molecule has 1 aliphatic rings. The Morgan fingerprint density at radius 2 is 1.88 bits per heavy atom. The van der Waals surface area contributed by atoms with Gasteiger partial charge < -0.3 is 5.32 Å². The van der Waals surface area contributed by atoms with Crippen LogP contribution in [0.25, 0.3) is 0 Å². The molecule has 1 atom stereocenters. The second-order valence-corrected chi connectivity index (χ2v) is 9.18. The van der Waals surface area contributed by atoms with Gasteiger partial charge in [-0.05, 0) is 54.4 Å². The maximum Gasteiger partial charge on any atom is 0.238 e. The molecule has 0 radical (unpaired) electrons. The van der Waals surface area contributed by atoms with Crippen molar-refractivity contribution in [1.82, 2.24) is 4.90 Å². The minimum Gasteiger partial charge on any atom is -0.325 e. The molecule has 0 aliphatic carbocycles. The van der Waals surface area contributed by atoms with Crippen LogP contribution in [0.3, 0.4) is 0 Å². The van der Waals surface area contributed by atoms with Crippen molar-refractivity contribution < 1.29 is 14.0 Å². The molecule has 8 heteroatoms. The molecule has 0 aromatic heterocycles. The van der Waals surface area contributed by atoms with Gasteiger partial charge in [0.25, 0.3) is 0 Å². The number of carbonyl (C=O) groups is 2. The lowest BCUT2D eigenvalue weighted by atomic mass is 10.2. The van der Waals surface area contributed by atoms with Crippen molar-refractivity contribution in [2.24, 2.45) is 4.99 Å². The van der Waals surface area contributed by atoms with Crippen LogP contribution in [0.2, 0.25) is 5.02 Å². The molecule has 3 aromatic rings. The second kappa shape index (κ2) is 10.2. The van der Waals surface area contributed by atoms with E-state index >= 15 is 0 Å². The average Bonchev–Trinajstić information content (AvgIpc) is 2.80. The van der Waals surface area contributed by atoms with Crippen molar-refractivity contribution in [2.45, 2.75) is 25.1 Å². The van der Waals surface area contributed by atoms with Gasteiger partial charge in [-0.3, -0.25) is 14.5 Å². The second-order valence-electron chi connectivity index (χ2n) is 7.60. The summed E-state index contributed by atoms with van der Waals surface area (Å²) in [5, 5.41) is 3.17. The first kappa shape index (κ1) is 23.0. The van der Waals surface area contributed by atoms with Crippen LogP contribution in [0, 0.1) is 12.7 Å². The smallest absolute Gasteiger partial charge is 0.238 e. The highest BCUT2D eigenvalue weighted by Crippen LogP contribution is 2.31. The van der Waals surface area contributed by atoms with Gasteiger partial charge in [-0.15, -0.1) is 0 Å². The molecule has 3 aromatic carbocycles. The lowest BCUT2D eigenvalue weighted by Gasteiger charge is -2.32. The SMILES string of the molecule is Cc1ccc(NC(=O)C2CC(=O)N(Cc3ccc(F)cc3)C(=Nc3ccccc3)S2)cc1Cl. The number of thioether (sulfide) groups is 1. The van der Waals surface area contributed by atoms with E-state index in [0.29, 0.717) is 21.6 Å². The fourth-order valence-corrected chi connectivity index (χ4v) is 4.55. The molecule has 168 valence electrons. The minimum absolute atomic E-state index is 0.0189. The maximum atomic E-state index is 13.3. The summed E-state index contributed by atoms with van der Waals surface area (Å²) >= 11 is 7.40. The van der Waals surface area contributed by atoms with Crippen LogP contribution in [0.15, 0.2) is 77.8 Å². The summed E-state index contributed by atoms with van der Waals surface area (Å²) < 4.78 is 13.3. The number of carbonyl (C=O) groups excluding carboxylic acids is 2. The van der Waals surface area contributed by atoms with Gasteiger partial charge in [0.1, 0.15) is 11.1 Å². The quantitative estimate of drug-likeness (QED) is 0.490. The molecule has 1 heterocycles. The van der Waals surface area contributed by atoms with Crippen LogP contribution in [0.4, 0.5) is 15.8 Å². The van der Waals surface area contributed by atoms with E-state index in [2.05, 4.69) is 10.3 Å². The normalized spacial score (nSPS) is 17.3. The number of amides is 2. The average molecular weight is 482 g/mol. The molecule has 1 fully saturated rings. The van der Waals surface area contributed by atoms with E-state index in [9.17, 15) is 14.0 Å². The molecule has 1 unspecified atom stereocenters. The van der Waals surface area contributed by atoms with Crippen molar-refractivity contribution in [3.05, 3.63) is 94.8 Å². The zero-order valence-corrected chi connectivity index (χ0v) is 19.4. The number of aryl methyl sites for hydroxylation is 1. The highest BCUT2D eigenvalue weighted by molar-refractivity contribution is 8.15. The molecular weight excluding hydrogens is 461 g/mol. The Morgan fingerprint density at radius 3 is 2.58 bits per heavy atom. The Kier molecular flexibility index (Phi) is 7.11. The van der Waals surface area contributed by atoms with Crippen molar-refractivity contribution in [3.8, 4) is 0 Å². The summed E-state index contributed by atoms with van der Waals surface area (Å²) in [6.45, 7) is 2.12. The minimum atomic E-state index is -0.649. The van der Waals surface area contributed by atoms with Crippen LogP contribution in [0.5, 0.6) is 0 Å². The number of nitrogens with zero attached hydrogens (tertiary/aromatic N) is 2. The highest BCUT2D eigenvalue weighted by Gasteiger charge is 2.36. The number of anilines is 1. The van der Waals surface area contributed by atoms with Gasteiger partial charge in [0.15, 0.2) is 5.17 Å². The number of aliphatic imine (C=N–C) groups is 1. The number of para-hydroxylation sites is 1. The van der Waals surface area contributed by atoms with E-state index in [1.54, 1.807) is 24.3 Å². The van der Waals surface area contributed by atoms with Crippen LogP contribution in [0.1, 0.15) is 17.5 Å². The zero-order chi connectivity index (χ0) is 23.4. The van der Waals surface area contributed by atoms with Gasteiger partial charge in [0.05, 0.1) is 12.2 Å². The highest BCUT2D eigenvalue weighted by atomic mass is 35.5. The number of hydrogen-bond donors (Lipinski definition) is 1. The van der Waals surface area contributed by atoms with Crippen LogP contribution < -0.4 is 5.32 Å². The Bertz CT molecular complexity index is 1200. The summed E-state index contributed by atoms with van der Waals surface area (Å²) in [4.78, 5) is 32.2. The van der Waals surface area contributed by atoms with Crippen molar-refractivity contribution >= 4 is 51.7 Å². The van der Waals surface area contributed by atoms with E-state index in [1.165, 1.54) is 28.8 Å². The Hall–Kier alpha value is -3.16. The first-order chi connectivity index (χ1) is 15.9. The monoisotopic (exact) mass is 481 g/mol. The molecule has 0 saturated carbocycles. The molecule has 33 heavy (non-hydrogen) atoms. The number of hydrogen-bond acceptors (Lipinski definition) is 4. The molecule has 4 rings (SSSR count). The lowest BCUT2D eigenvalue weighted by molar-refractivity contribution is -0.129. The summed E-state index contributed by atoms with van der Waals surface area (Å²) in [7, 11) is 0. The predicted octanol–water partition coefficient (Wildman–Crippen LogP) is 5.95. The Morgan fingerprint density at radius 1 is 1.15 bits per heavy atom. The standard InChI is InChI=1S/C25H21ClFN3O2S/c1-16-7-12-20(13-21(16)26)28-24(32)22-14-23(31)30(15-17-8-10-18(27)11-9-17)25(33-22)29-19-5-3-2-4-6-19/h2-13,22H,14-15H2,1H3,(H,28,32). The lowest BCUT2D eigenvalue weighted by Crippen LogP contribution is -2.44. The number of nitrogens with one attached hydrogen (secondary N) is 1. The first-order valence-corrected chi connectivity index (χ1v) is 11.6. The number of amidine groups is 1. The summed E-state index contributed by atoms with van der Waals surface area (Å²) in [5.74, 6) is -0.866. The van der Waals surface area contributed by atoms with E-state index in [4.69, 9.17) is 11.6 Å². The molecule has 5 nitrogen and oxygen atoms in total. The largest absolute Gasteiger partial charge is 0.325 e. The van der Waals surface area contributed by atoms with E-state index in [1.807, 2.05) is 43.3 Å². The van der Waals surface area contributed by atoms with Crippen LogP contribution >= 0.6 is 23.4 Å². The van der Waals surface area contributed by atoms with Gasteiger partial charge in [-0.25, -0.2) is 9.38 Å². The summed E-state index contributed by atoms with van der Waals surface area (Å²) in [5.41, 5.74) is 2.91. The molecule has 0 spiro atoms. The molecular formula is C25H21ClFN3O2S. The number of halogens is 2. The summed E-state index contributed by atoms with van der Waals surface area (Å²) in [6, 6.07) is 20.5. The van der Waals surface area contributed by atoms with Gasteiger partial charge in [0.2, 0.25) is 11.8 Å². The third-order valence-corrected chi connectivity index (χ3v) is 6.70. The summed E-state index contributed by atoms with van der Waals surface area (Å²) in [6.07, 6.45) is 0.0189. The zero-order valence-electron chi connectivity index (χ0n) is 17.8. The Labute approximate surface area is 200 Å². The van der Waals surface area contributed by atoms with E-state index < -0.39 is 5.25 Å². The van der Waals surface area contributed by atoms with Gasteiger partial charge in [0, 0.05) is 17.1 Å². The predicted molar refractivity (Wildman–Crippen MR) is 131 cm³/mol. The maximum absolute atomic E-state index is 13.3. The topological polar surface area (TPSA) is 61.8 Å². The number of rotatable bonds is 5. The van der Waals surface area contributed by atoms with Gasteiger partial charge in [-0.2, -0.15) is 0 Å². The van der Waals surface area contributed by atoms with Crippen molar-refractivity contribution in [3.63, 3.8) is 0 Å². The van der Waals surface area contributed by atoms with Gasteiger partial charge in [-0.1, -0.05) is 59.8 Å². The van der Waals surface area contributed by atoms with Crippen LogP contribution in [-0.2, 0) is 16.1 Å².